The summed E-state index contributed by atoms with van der Waals surface area (Å²) in [5, 5.41) is 0. The predicted molar refractivity (Wildman–Crippen MR) is 594 cm³/mol. The van der Waals surface area contributed by atoms with Crippen LogP contribution in [0.4, 0.5) is 0 Å². The molecule has 4 saturated carbocycles. The molecule has 11 nitrogen and oxygen atoms in total. The fraction of sp³-hybridized carbons (Fsp3) is 1.00. The lowest BCUT2D eigenvalue weighted by molar-refractivity contribution is -0.0530. The molecule has 0 amide bonds. The Labute approximate surface area is 840 Å². The van der Waals surface area contributed by atoms with E-state index in [1.807, 2.05) is 0 Å². The van der Waals surface area contributed by atoms with Crippen molar-refractivity contribution in [2.24, 2.45) is 90.7 Å². The van der Waals surface area contributed by atoms with E-state index in [0.29, 0.717) is 88.1 Å². The average Bonchev–Trinajstić information content (AvgIpc) is 1.56. The molecule has 10 heterocycles. The number of nitrogens with zero attached hydrogens (tertiary/aromatic N) is 10. The van der Waals surface area contributed by atoms with Crippen LogP contribution in [0.5, 0.6) is 0 Å². The second-order valence-electron chi connectivity index (χ2n) is 63.5. The summed E-state index contributed by atoms with van der Waals surface area (Å²) in [4.78, 5) is 26.9. The minimum absolute atomic E-state index is 0.217. The molecular weight excluding hydrogens is 1640 g/mol. The molecule has 10 aliphatic heterocycles. The van der Waals surface area contributed by atoms with Crippen LogP contribution in [0.1, 0.15) is 497 Å². The van der Waals surface area contributed by atoms with Crippen molar-refractivity contribution >= 4 is 11.8 Å². The van der Waals surface area contributed by atoms with E-state index in [0.717, 1.165) is 139 Å². The Hall–Kier alpha value is -0.0900. The van der Waals surface area contributed by atoms with Gasteiger partial charge in [0.2, 0.25) is 0 Å². The summed E-state index contributed by atoms with van der Waals surface area (Å²) in [5.74, 6) is 10.3. The van der Waals surface area contributed by atoms with Gasteiger partial charge in [-0.15, -0.1) is 11.8 Å². The van der Waals surface area contributed by atoms with Gasteiger partial charge in [-0.3, -0.25) is 49.0 Å². The minimum Gasteiger partial charge on any atom is -0.364 e. The summed E-state index contributed by atoms with van der Waals surface area (Å²) in [7, 11) is 0. The molecule has 0 aromatic carbocycles. The van der Waals surface area contributed by atoms with Crippen molar-refractivity contribution in [2.45, 2.75) is 626 Å². The van der Waals surface area contributed by atoms with Crippen LogP contribution in [0.2, 0.25) is 0 Å². The van der Waals surface area contributed by atoms with Crippen LogP contribution in [0.15, 0.2) is 0 Å². The highest BCUT2D eigenvalue weighted by Gasteiger charge is 2.60. The molecule has 10 saturated heterocycles. The van der Waals surface area contributed by atoms with Crippen molar-refractivity contribution in [2.75, 3.05) is 64.2 Å². The first-order valence-corrected chi connectivity index (χ1v) is 57.5. The molecule has 790 valence electrons. The molecule has 0 aromatic rings. The monoisotopic (exact) mass is 1890 g/mol. The quantitative estimate of drug-likeness (QED) is 0.269. The number of piperidine rings is 4. The third kappa shape index (κ3) is 35.4. The molecule has 0 N–H and O–H groups in total. The van der Waals surface area contributed by atoms with Crippen molar-refractivity contribution in [3.05, 3.63) is 0 Å². The van der Waals surface area contributed by atoms with Crippen LogP contribution >= 0.6 is 11.8 Å². The molecule has 4 aliphatic carbocycles. The van der Waals surface area contributed by atoms with E-state index >= 15 is 0 Å². The number of thioether (sulfide) groups is 1. The van der Waals surface area contributed by atoms with Gasteiger partial charge in [0, 0.05) is 160 Å². The summed E-state index contributed by atoms with van der Waals surface area (Å²) in [5.41, 5.74) is 5.95. The molecule has 14 aliphatic rings. The zero-order valence-corrected chi connectivity index (χ0v) is 102. The molecule has 133 heavy (non-hydrogen) atoms. The van der Waals surface area contributed by atoms with Crippen LogP contribution in [0.25, 0.3) is 0 Å². The van der Waals surface area contributed by atoms with Gasteiger partial charge in [-0.1, -0.05) is 207 Å². The minimum atomic E-state index is 0.217. The van der Waals surface area contributed by atoms with Crippen LogP contribution in [-0.4, -0.2) is 242 Å². The summed E-state index contributed by atoms with van der Waals surface area (Å²) in [6.07, 6.45) is 24.3. The Morgan fingerprint density at radius 1 is 0.271 bits per heavy atom. The highest BCUT2D eigenvalue weighted by atomic mass is 32.2. The van der Waals surface area contributed by atoms with Crippen LogP contribution in [-0.2, 0) is 4.74 Å². The maximum absolute atomic E-state index is 5.55. The van der Waals surface area contributed by atoms with E-state index in [4.69, 9.17) is 4.74 Å². The molecule has 2 bridgehead atoms. The van der Waals surface area contributed by atoms with Gasteiger partial charge >= 0.3 is 0 Å². The first-order valence-electron chi connectivity index (χ1n) is 56.3. The second-order valence-corrected chi connectivity index (χ2v) is 64.5. The van der Waals surface area contributed by atoms with Crippen LogP contribution in [0, 0.1) is 90.7 Å². The van der Waals surface area contributed by atoms with Gasteiger partial charge in [0.15, 0.2) is 0 Å². The van der Waals surface area contributed by atoms with Gasteiger partial charge < -0.3 is 4.74 Å². The van der Waals surface area contributed by atoms with Crippen molar-refractivity contribution in [1.82, 2.24) is 49.0 Å². The number of hydrogen-bond acceptors (Lipinski definition) is 12. The summed E-state index contributed by atoms with van der Waals surface area (Å²) in [6, 6.07) is 11.0. The molecule has 18 atom stereocenters. The maximum atomic E-state index is 5.55. The Morgan fingerprint density at radius 3 is 1.02 bits per heavy atom. The van der Waals surface area contributed by atoms with Crippen molar-refractivity contribution < 1.29 is 4.74 Å². The lowest BCUT2D eigenvalue weighted by atomic mass is 9.76. The second kappa shape index (κ2) is 46.3. The first-order chi connectivity index (χ1) is 59.5. The number of hydrogen-bond donors (Lipinski definition) is 0. The van der Waals surface area contributed by atoms with Crippen molar-refractivity contribution in [3.63, 3.8) is 0 Å². The fourth-order valence-corrected chi connectivity index (χ4v) is 29.1. The molecule has 0 spiro atoms. The smallest absolute Gasteiger partial charge is 0.0998 e. The third-order valence-corrected chi connectivity index (χ3v) is 35.0. The van der Waals surface area contributed by atoms with Gasteiger partial charge in [-0.25, -0.2) is 0 Å². The third-order valence-electron chi connectivity index (χ3n) is 34.0. The molecule has 12 heteroatoms. The molecule has 0 aromatic heterocycles. The highest BCUT2D eigenvalue weighted by Crippen LogP contribution is 2.58. The Morgan fingerprint density at radius 2 is 0.684 bits per heavy atom. The molecule has 14 rings (SSSR count). The number of rotatable bonds is 4. The van der Waals surface area contributed by atoms with Crippen molar-refractivity contribution in [1.29, 1.82) is 0 Å². The summed E-state index contributed by atoms with van der Waals surface area (Å²) >= 11 is 2.07. The number of fused-ring (bicyclic) bond motifs is 5. The number of likely N-dealkylation sites (tertiary alicyclic amines) is 8. The topological polar surface area (TPSA) is 41.6 Å². The molecule has 0 radical (unpaired) electrons. The van der Waals surface area contributed by atoms with Gasteiger partial charge in [0.05, 0.1) is 13.3 Å². The van der Waals surface area contributed by atoms with E-state index in [9.17, 15) is 0 Å². The van der Waals surface area contributed by atoms with E-state index in [1.165, 1.54) is 160 Å². The lowest BCUT2D eigenvalue weighted by Crippen LogP contribution is -2.61. The predicted octanol–water partition coefficient (Wildman–Crippen LogP) is 31.4. The zero-order chi connectivity index (χ0) is 103. The van der Waals surface area contributed by atoms with E-state index in [1.54, 1.807) is 0 Å². The number of ether oxygens (including phenoxy) is 1. The Kier molecular flexibility index (Phi) is 43.0. The molecule has 14 unspecified atom stereocenters. The van der Waals surface area contributed by atoms with E-state index in [-0.39, 0.29) is 5.54 Å². The van der Waals surface area contributed by atoms with Gasteiger partial charge in [0.25, 0.3) is 0 Å². The normalized spacial score (nSPS) is 31.8. The maximum Gasteiger partial charge on any atom is 0.0998 e. The molecular formula is C121H244N10OS. The lowest BCUT2D eigenvalue weighted by Gasteiger charge is -2.55. The van der Waals surface area contributed by atoms with E-state index < -0.39 is 0 Å². The summed E-state index contributed by atoms with van der Waals surface area (Å²) in [6.45, 7) is 141. The van der Waals surface area contributed by atoms with Gasteiger partial charge in [-0.05, 0) is 400 Å². The van der Waals surface area contributed by atoms with Crippen LogP contribution in [0.3, 0.4) is 0 Å². The Balaban J connectivity index is 0.000000262. The van der Waals surface area contributed by atoms with Gasteiger partial charge in [-0.2, -0.15) is 0 Å². The standard InChI is InChI=1S/C15H29N.C14H27N.C13H25N.C13H27N.C12H25N.C11H23NO.C11H23NS.C11H21N.C11H23N.C10H21N/c1-14(2,3)13-10-11-8-7-9-12(11)16(13)15(4,5)6;1-13(2,3)12-10-7-8-11(9-10)15(12)14(4,5)6;1-12(2,3)11-10-7-9(10)8-14(11)13(4,5)6;1-12(2,3)11-9-7-8-10-14(11)13(4,5)6;1-11(2,3)10-8-7-9-13(10)12(4,5)6;2*1-10(2,3)9-7-13-8-12(9)11(4,5)6;1-7(2)11-10-5-9(10)6-12(11)8(3)4;1-10(2,3)9-7-8-12(9)11(4,5)6;1-8(2)10-6-5-7-11(10)9(3)4/h11-13H,7-10H2,1-6H3;10-12H,7-9H2,1-6H3;9-11H,7-8H2,1-6H3;11H,7-10H2,1-6H3;10H,7-9H2,1-6H3;2*9H,7-8H2,1-6H3;7-11H,5-6H2,1-4H3;9H,7-8H2,1-6H3;8-10H,5-7H2,1-4H3/t;;;;;;;9-,10-,11+;;10-/m.......0.0/s1. The highest BCUT2D eigenvalue weighted by molar-refractivity contribution is 7.99. The van der Waals surface area contributed by atoms with E-state index in [2.05, 4.69) is 448 Å². The van der Waals surface area contributed by atoms with Crippen LogP contribution < -0.4 is 0 Å². The fourth-order valence-electron chi connectivity index (χ4n) is 27.3. The SMILES string of the molecule is CC(C)(C)C1C2CC2CN1C(C)(C)C.CC(C)(C)C1C2CCC(C2)N1C(C)(C)C.CC(C)(C)C1CC2CCCC2N1C(C)(C)C.CC(C)(C)C1CCCCN1C(C)(C)C.CC(C)(C)C1CCCN1C(C)(C)C.CC(C)(C)C1CCN1C(C)(C)C.CC(C)(C)C1COCN1C(C)(C)C.CC(C)(C)C1CSCN1C(C)(C)C.CC(C)[C@@H]1CCCN1C(C)C.CC(C)[C@@H]1[C@H]2C[C@H]2CN1C(C)C. The molecule has 14 fully saturated rings. The zero-order valence-electron chi connectivity index (χ0n) is 101. The summed E-state index contributed by atoms with van der Waals surface area (Å²) < 4.78 is 5.55. The largest absolute Gasteiger partial charge is 0.364 e. The van der Waals surface area contributed by atoms with Crippen molar-refractivity contribution in [3.8, 4) is 0 Å². The van der Waals surface area contributed by atoms with Gasteiger partial charge in [0.1, 0.15) is 0 Å². The first kappa shape index (κ1) is 123. The average molecular weight is 1890 g/mol. The Bertz CT molecular complexity index is 3090.